The Bertz CT molecular complexity index is 1840. The molecule has 0 N–H and O–H groups in total. The zero-order valence-electron chi connectivity index (χ0n) is 28.8. The average molecular weight is 1040 g/mol. The first-order chi connectivity index (χ1) is 24.3. The molecule has 0 atom stereocenters. The van der Waals surface area contributed by atoms with E-state index in [1.165, 1.54) is 0 Å². The Morgan fingerprint density at radius 3 is 1.25 bits per heavy atom. The summed E-state index contributed by atoms with van der Waals surface area (Å²) < 4.78 is 1.84. The van der Waals surface area contributed by atoms with Gasteiger partial charge >= 0.3 is 0 Å². The smallest absolute Gasteiger partial charge is 0.157 e. The molecular weight excluding hydrogens is 1000 g/mol. The van der Waals surface area contributed by atoms with Gasteiger partial charge in [-0.1, -0.05) is 48.5 Å². The van der Waals surface area contributed by atoms with Crippen molar-refractivity contribution in [3.05, 3.63) is 246 Å². The van der Waals surface area contributed by atoms with Crippen LogP contribution in [-0.4, -0.2) is 15.0 Å². The largest absolute Gasteiger partial charge is 0.726 e. The Morgan fingerprint density at radius 2 is 0.925 bits per heavy atom. The summed E-state index contributed by atoms with van der Waals surface area (Å²) in [5.41, 5.74) is 7.10. The third kappa shape index (κ3) is 15.4. The summed E-state index contributed by atoms with van der Waals surface area (Å²) in [4.78, 5) is 12.7. The van der Waals surface area contributed by atoms with Gasteiger partial charge in [0.15, 0.2) is 6.20 Å². The number of hydrogen-bond donors (Lipinski definition) is 0. The van der Waals surface area contributed by atoms with Gasteiger partial charge in [-0.3, -0.25) is 10.3 Å². The second-order valence-corrected chi connectivity index (χ2v) is 10.3. The third-order valence-electron chi connectivity index (χ3n) is 6.88. The fourth-order valence-corrected chi connectivity index (χ4v) is 4.50. The minimum Gasteiger partial charge on any atom is -0.726 e. The molecule has 0 fully saturated rings. The van der Waals surface area contributed by atoms with E-state index in [9.17, 15) is 0 Å². The minimum atomic E-state index is 0. The molecule has 4 heterocycles. The molecule has 8 rings (SSSR count). The van der Waals surface area contributed by atoms with E-state index in [-0.39, 0.29) is 55.1 Å². The van der Waals surface area contributed by atoms with Crippen LogP contribution in [0.5, 0.6) is 0 Å². The molecule has 0 amide bonds. The van der Waals surface area contributed by atoms with Crippen molar-refractivity contribution >= 4 is 5.57 Å². The molecule has 268 valence electrons. The van der Waals surface area contributed by atoms with Crippen molar-refractivity contribution in [3.63, 3.8) is 0 Å². The van der Waals surface area contributed by atoms with E-state index in [0.29, 0.717) is 0 Å². The van der Waals surface area contributed by atoms with Gasteiger partial charge in [-0.15, -0.1) is 108 Å². The van der Waals surface area contributed by atoms with Crippen LogP contribution >= 0.6 is 0 Å². The first kappa shape index (κ1) is 45.7. The maximum absolute atomic E-state index is 4.22. The van der Waals surface area contributed by atoms with Gasteiger partial charge in [-0.25, -0.2) is 30.2 Å². The number of benzene rings is 3. The fraction of sp³-hybridized carbons (Fsp3) is 0. The Labute approximate surface area is 342 Å². The van der Waals surface area contributed by atoms with Crippen molar-refractivity contribution in [2.75, 3.05) is 0 Å². The zero-order valence-corrected chi connectivity index (χ0v) is 33.6. The topological polar surface area (TPSA) is 44.6 Å². The van der Waals surface area contributed by atoms with Gasteiger partial charge in [0.2, 0.25) is 0 Å². The van der Waals surface area contributed by atoms with Crippen LogP contribution in [0.15, 0.2) is 189 Å². The first-order valence-corrected chi connectivity index (χ1v) is 15.7. The van der Waals surface area contributed by atoms with Gasteiger partial charge in [-0.2, -0.15) is 0 Å². The van der Waals surface area contributed by atoms with Crippen molar-refractivity contribution < 1.29 is 44.5 Å². The molecule has 0 saturated heterocycles. The van der Waals surface area contributed by atoms with Crippen LogP contribution in [0, 0.1) is 52.3 Å². The van der Waals surface area contributed by atoms with Gasteiger partial charge in [0.25, 0.3) is 0 Å². The van der Waals surface area contributed by atoms with Crippen molar-refractivity contribution in [3.8, 4) is 33.8 Å². The van der Waals surface area contributed by atoms with Gasteiger partial charge in [0.1, 0.15) is 6.72 Å². The Kier molecular flexibility index (Phi) is 22.8. The summed E-state index contributed by atoms with van der Waals surface area (Å²) in [7, 11) is 0. The number of nitrogens with zero attached hydrogens (tertiary/aromatic N) is 4. The number of hydrogen-bond acceptors (Lipinski definition) is 3. The van der Waals surface area contributed by atoms with E-state index in [0.717, 1.165) is 44.7 Å². The summed E-state index contributed by atoms with van der Waals surface area (Å²) in [5.74, 6) is 0. The summed E-state index contributed by atoms with van der Waals surface area (Å²) in [6, 6.07) is 56.4. The van der Waals surface area contributed by atoms with Crippen LogP contribution in [0.3, 0.4) is 0 Å². The second-order valence-electron chi connectivity index (χ2n) is 10.3. The third-order valence-corrected chi connectivity index (χ3v) is 6.88. The predicted octanol–water partition coefficient (Wildman–Crippen LogP) is 8.95. The normalized spacial score (nSPS) is 11.1. The summed E-state index contributed by atoms with van der Waals surface area (Å²) in [6.07, 6.45) is 18.3. The monoisotopic (exact) mass is 1040 g/mol. The molecule has 6 radical (unpaired) electrons. The van der Waals surface area contributed by atoms with E-state index in [2.05, 4.69) is 45.9 Å². The average Bonchev–Trinajstić information content (AvgIpc) is 3.21. The molecule has 6 heteroatoms. The van der Waals surface area contributed by atoms with E-state index in [4.69, 9.17) is 0 Å². The molecule has 0 spiro atoms. The van der Waals surface area contributed by atoms with Crippen molar-refractivity contribution in [1.29, 1.82) is 0 Å². The Morgan fingerprint density at radius 1 is 0.509 bits per heavy atom. The quantitative estimate of drug-likeness (QED) is 0.131. The van der Waals surface area contributed by atoms with Crippen LogP contribution in [0.25, 0.3) is 39.3 Å². The molecule has 53 heavy (non-hydrogen) atoms. The Hall–Kier alpha value is -5.35. The first-order valence-electron chi connectivity index (χ1n) is 15.7. The van der Waals surface area contributed by atoms with Crippen molar-refractivity contribution in [2.24, 2.45) is 0 Å². The maximum Gasteiger partial charge on any atom is 0.157 e. The molecular formula is C47H36Ir2N4-6. The van der Waals surface area contributed by atoms with Gasteiger partial charge in [0.05, 0.1) is 5.35 Å². The molecule has 0 bridgehead atoms. The predicted molar refractivity (Wildman–Crippen MR) is 206 cm³/mol. The fourth-order valence-electron chi connectivity index (χ4n) is 4.50. The van der Waals surface area contributed by atoms with Crippen molar-refractivity contribution in [2.45, 2.75) is 0 Å². The maximum atomic E-state index is 4.22. The molecule has 4 aromatic heterocycles. The molecule has 1 aliphatic carbocycles. The van der Waals surface area contributed by atoms with Gasteiger partial charge < -0.3 is 29.8 Å². The van der Waals surface area contributed by atoms with Crippen molar-refractivity contribution in [1.82, 2.24) is 15.0 Å². The number of pyridine rings is 4. The van der Waals surface area contributed by atoms with E-state index in [1.807, 2.05) is 181 Å². The van der Waals surface area contributed by atoms with Gasteiger partial charge in [-0.05, 0) is 41.3 Å². The molecule has 0 unspecified atom stereocenters. The van der Waals surface area contributed by atoms with E-state index in [1.54, 1.807) is 18.6 Å². The van der Waals surface area contributed by atoms with E-state index < -0.39 is 0 Å². The Balaban J connectivity index is 0.000000345. The number of aromatic nitrogens is 4. The van der Waals surface area contributed by atoms with Crippen LogP contribution < -0.4 is 9.59 Å². The standard InChI is InChI=1S/C12H10N.3C11H8N.2CH.2Ir/c1-13-10-6-5-9-12(13)11-7-3-2-4-8-11;3*1-2-6-10(7-3-1)11-8-4-5-9-12-11;;;;/h2-7,9-10H,1H2;3*1-6,8-9H;2*1H;;/q6*-1;;/b12-11-;;;;;;;. The molecule has 1 aliphatic rings. The summed E-state index contributed by atoms with van der Waals surface area (Å²) in [5, 5.41) is 1.07. The molecule has 4 nitrogen and oxygen atoms in total. The SMILES string of the molecule is C=[n+]1cccc/c1=C1/[C-]=CC=C[CH-]1.[CH-].[CH-].[Ir].[Ir].[c-]1ccccc1-c1ccccn1.[c-]1ccccc1-c1ccccn1.[c-]1ccccc1-c1ccccn1. The molecule has 0 aliphatic heterocycles. The summed E-state index contributed by atoms with van der Waals surface area (Å²) in [6.45, 7) is 3.89. The number of rotatable bonds is 3. The van der Waals surface area contributed by atoms with Gasteiger partial charge in [0, 0.05) is 58.8 Å². The molecule has 7 aromatic rings. The van der Waals surface area contributed by atoms with Crippen LogP contribution in [0.1, 0.15) is 0 Å². The van der Waals surface area contributed by atoms with Crippen LogP contribution in [0.2, 0.25) is 0 Å². The minimum absolute atomic E-state index is 0. The van der Waals surface area contributed by atoms with Crippen LogP contribution in [-0.2, 0) is 40.2 Å². The summed E-state index contributed by atoms with van der Waals surface area (Å²) >= 11 is 0. The second kappa shape index (κ2) is 26.4. The molecule has 0 saturated carbocycles. The number of allylic oxidation sites excluding steroid dienone is 4. The van der Waals surface area contributed by atoms with E-state index >= 15 is 0 Å². The molecule has 3 aromatic carbocycles. The zero-order chi connectivity index (χ0) is 33.8. The van der Waals surface area contributed by atoms with Crippen LogP contribution in [0.4, 0.5) is 0 Å².